The van der Waals surface area contributed by atoms with Gasteiger partial charge in [0.25, 0.3) is 11.5 Å². The van der Waals surface area contributed by atoms with E-state index in [4.69, 9.17) is 0 Å². The number of amides is 1. The van der Waals surface area contributed by atoms with Crippen molar-refractivity contribution in [3.63, 3.8) is 0 Å². The SMILES string of the molecule is O=C(c1cccc(F)c1)N1CCCN(CCc2nc3ccccc3c(=O)[nH]2)CC1. The van der Waals surface area contributed by atoms with Crippen LogP contribution >= 0.6 is 0 Å². The molecule has 0 atom stereocenters. The number of benzene rings is 2. The molecule has 7 heteroatoms. The molecular weight excluding hydrogens is 371 g/mol. The number of nitrogens with zero attached hydrogens (tertiary/aromatic N) is 3. The fourth-order valence-corrected chi connectivity index (χ4v) is 3.72. The molecule has 0 saturated carbocycles. The molecule has 1 aliphatic rings. The maximum atomic E-state index is 13.4. The number of hydrogen-bond acceptors (Lipinski definition) is 4. The van der Waals surface area contributed by atoms with Gasteiger partial charge in [0.1, 0.15) is 11.6 Å². The Morgan fingerprint density at radius 1 is 1.07 bits per heavy atom. The number of fused-ring (bicyclic) bond motifs is 1. The summed E-state index contributed by atoms with van der Waals surface area (Å²) < 4.78 is 13.4. The minimum atomic E-state index is -0.399. The van der Waals surface area contributed by atoms with Crippen molar-refractivity contribution in [3.05, 3.63) is 76.1 Å². The van der Waals surface area contributed by atoms with E-state index in [0.717, 1.165) is 26.1 Å². The molecule has 1 saturated heterocycles. The fourth-order valence-electron chi connectivity index (χ4n) is 3.72. The van der Waals surface area contributed by atoms with Gasteiger partial charge in [-0.1, -0.05) is 18.2 Å². The smallest absolute Gasteiger partial charge is 0.258 e. The van der Waals surface area contributed by atoms with Gasteiger partial charge in [-0.15, -0.1) is 0 Å². The van der Waals surface area contributed by atoms with E-state index in [9.17, 15) is 14.0 Å². The average Bonchev–Trinajstić information content (AvgIpc) is 2.97. The van der Waals surface area contributed by atoms with E-state index >= 15 is 0 Å². The van der Waals surface area contributed by atoms with Gasteiger partial charge in [-0.05, 0) is 43.3 Å². The van der Waals surface area contributed by atoms with E-state index in [0.29, 0.717) is 41.8 Å². The lowest BCUT2D eigenvalue weighted by atomic mass is 10.2. The Morgan fingerprint density at radius 2 is 1.93 bits per heavy atom. The van der Waals surface area contributed by atoms with Gasteiger partial charge in [0, 0.05) is 38.2 Å². The van der Waals surface area contributed by atoms with Crippen molar-refractivity contribution in [2.45, 2.75) is 12.8 Å². The van der Waals surface area contributed by atoms with Gasteiger partial charge < -0.3 is 14.8 Å². The maximum absolute atomic E-state index is 13.4. The van der Waals surface area contributed by atoms with Crippen LogP contribution in [0.1, 0.15) is 22.6 Å². The Hall–Kier alpha value is -3.06. The first-order valence-electron chi connectivity index (χ1n) is 9.85. The molecule has 0 spiro atoms. The van der Waals surface area contributed by atoms with Gasteiger partial charge in [-0.2, -0.15) is 0 Å². The molecule has 3 aromatic rings. The molecule has 0 aliphatic carbocycles. The van der Waals surface area contributed by atoms with Crippen molar-refractivity contribution in [2.75, 3.05) is 32.7 Å². The van der Waals surface area contributed by atoms with Crippen LogP contribution in [0.3, 0.4) is 0 Å². The highest BCUT2D eigenvalue weighted by atomic mass is 19.1. The predicted octanol–water partition coefficient (Wildman–Crippen LogP) is 2.45. The Balaban J connectivity index is 1.37. The van der Waals surface area contributed by atoms with Crippen LogP contribution in [0.15, 0.2) is 53.3 Å². The molecule has 1 N–H and O–H groups in total. The standard InChI is InChI=1S/C22H23FN4O2/c23-17-6-3-5-16(15-17)22(29)27-11-4-10-26(13-14-27)12-9-20-24-19-8-2-1-7-18(19)21(28)25-20/h1-3,5-8,15H,4,9-14H2,(H,24,25,28). The van der Waals surface area contributed by atoms with E-state index in [1.165, 1.54) is 12.1 Å². The summed E-state index contributed by atoms with van der Waals surface area (Å²) in [6.07, 6.45) is 1.49. The number of aromatic nitrogens is 2. The molecule has 0 radical (unpaired) electrons. The molecule has 0 unspecified atom stereocenters. The van der Waals surface area contributed by atoms with Crippen molar-refractivity contribution in [2.24, 2.45) is 0 Å². The highest BCUT2D eigenvalue weighted by Gasteiger charge is 2.20. The van der Waals surface area contributed by atoms with Crippen LogP contribution in [0, 0.1) is 5.82 Å². The van der Waals surface area contributed by atoms with Gasteiger partial charge in [0.15, 0.2) is 0 Å². The number of nitrogens with one attached hydrogen (secondary N) is 1. The summed E-state index contributed by atoms with van der Waals surface area (Å²) in [4.78, 5) is 36.3. The quantitative estimate of drug-likeness (QED) is 0.738. The summed E-state index contributed by atoms with van der Waals surface area (Å²) in [5.74, 6) is 0.140. The second-order valence-electron chi connectivity index (χ2n) is 7.28. The molecule has 2 heterocycles. The monoisotopic (exact) mass is 394 g/mol. The van der Waals surface area contributed by atoms with Crippen molar-refractivity contribution in [3.8, 4) is 0 Å². The van der Waals surface area contributed by atoms with Crippen LogP contribution in [0.5, 0.6) is 0 Å². The lowest BCUT2D eigenvalue weighted by Crippen LogP contribution is -2.35. The molecule has 2 aromatic carbocycles. The van der Waals surface area contributed by atoms with Gasteiger partial charge in [0.2, 0.25) is 0 Å². The molecular formula is C22H23FN4O2. The van der Waals surface area contributed by atoms with Crippen LogP contribution in [0.25, 0.3) is 10.9 Å². The van der Waals surface area contributed by atoms with E-state index in [-0.39, 0.29) is 11.5 Å². The zero-order valence-corrected chi connectivity index (χ0v) is 16.1. The highest BCUT2D eigenvalue weighted by molar-refractivity contribution is 5.94. The van der Waals surface area contributed by atoms with Crippen LogP contribution in [0.2, 0.25) is 0 Å². The third-order valence-corrected chi connectivity index (χ3v) is 5.27. The molecule has 4 rings (SSSR count). The largest absolute Gasteiger partial charge is 0.337 e. The van der Waals surface area contributed by atoms with Crippen LogP contribution < -0.4 is 5.56 Å². The first kappa shape index (κ1) is 19.3. The van der Waals surface area contributed by atoms with E-state index in [1.807, 2.05) is 18.2 Å². The minimum absolute atomic E-state index is 0.117. The number of carbonyl (C=O) groups is 1. The number of rotatable bonds is 4. The number of hydrogen-bond donors (Lipinski definition) is 1. The van der Waals surface area contributed by atoms with Crippen LogP contribution in [0.4, 0.5) is 4.39 Å². The molecule has 1 amide bonds. The topological polar surface area (TPSA) is 69.3 Å². The van der Waals surface area contributed by atoms with Gasteiger partial charge >= 0.3 is 0 Å². The number of halogens is 1. The third-order valence-electron chi connectivity index (χ3n) is 5.27. The molecule has 29 heavy (non-hydrogen) atoms. The Kier molecular flexibility index (Phi) is 5.67. The summed E-state index contributed by atoms with van der Waals surface area (Å²) in [7, 11) is 0. The predicted molar refractivity (Wildman–Crippen MR) is 109 cm³/mol. The Morgan fingerprint density at radius 3 is 2.79 bits per heavy atom. The highest BCUT2D eigenvalue weighted by Crippen LogP contribution is 2.12. The molecule has 150 valence electrons. The Bertz CT molecular complexity index is 1080. The first-order chi connectivity index (χ1) is 14.1. The van der Waals surface area contributed by atoms with Gasteiger partial charge in [-0.3, -0.25) is 9.59 Å². The number of carbonyl (C=O) groups excluding carboxylic acids is 1. The molecule has 0 bridgehead atoms. The maximum Gasteiger partial charge on any atom is 0.258 e. The van der Waals surface area contributed by atoms with E-state index in [2.05, 4.69) is 14.9 Å². The summed E-state index contributed by atoms with van der Waals surface area (Å²) in [6, 6.07) is 13.1. The van der Waals surface area contributed by atoms with Crippen LogP contribution in [-0.4, -0.2) is 58.4 Å². The van der Waals surface area contributed by atoms with Gasteiger partial charge in [0.05, 0.1) is 10.9 Å². The van der Waals surface area contributed by atoms with Gasteiger partial charge in [-0.25, -0.2) is 9.37 Å². The van der Waals surface area contributed by atoms with E-state index < -0.39 is 5.82 Å². The van der Waals surface area contributed by atoms with Crippen LogP contribution in [-0.2, 0) is 6.42 Å². The second-order valence-corrected chi connectivity index (χ2v) is 7.28. The molecule has 1 aliphatic heterocycles. The second kappa shape index (κ2) is 8.53. The summed E-state index contributed by atoms with van der Waals surface area (Å²) in [5.41, 5.74) is 0.971. The summed E-state index contributed by atoms with van der Waals surface area (Å²) in [6.45, 7) is 3.60. The first-order valence-corrected chi connectivity index (χ1v) is 9.85. The third kappa shape index (κ3) is 4.51. The molecule has 1 aromatic heterocycles. The zero-order valence-electron chi connectivity index (χ0n) is 16.1. The number of aromatic amines is 1. The lowest BCUT2D eigenvalue weighted by Gasteiger charge is -2.22. The molecule has 1 fully saturated rings. The zero-order chi connectivity index (χ0) is 20.2. The van der Waals surface area contributed by atoms with Crippen molar-refractivity contribution in [1.82, 2.24) is 19.8 Å². The van der Waals surface area contributed by atoms with Crippen molar-refractivity contribution >= 4 is 16.8 Å². The lowest BCUT2D eigenvalue weighted by molar-refractivity contribution is 0.0761. The molecule has 6 nitrogen and oxygen atoms in total. The average molecular weight is 394 g/mol. The van der Waals surface area contributed by atoms with E-state index in [1.54, 1.807) is 23.1 Å². The number of H-pyrrole nitrogens is 1. The fraction of sp³-hybridized carbons (Fsp3) is 0.318. The number of para-hydroxylation sites is 1. The minimum Gasteiger partial charge on any atom is -0.337 e. The summed E-state index contributed by atoms with van der Waals surface area (Å²) in [5, 5.41) is 0.595. The summed E-state index contributed by atoms with van der Waals surface area (Å²) >= 11 is 0. The van der Waals surface area contributed by atoms with Crippen molar-refractivity contribution in [1.29, 1.82) is 0 Å². The normalized spacial score (nSPS) is 15.4. The Labute approximate surface area is 168 Å². The van der Waals surface area contributed by atoms with Crippen molar-refractivity contribution < 1.29 is 9.18 Å².